The van der Waals surface area contributed by atoms with Gasteiger partial charge in [-0.15, -0.1) is 0 Å². The lowest BCUT2D eigenvalue weighted by Crippen LogP contribution is -2.31. The van der Waals surface area contributed by atoms with Gasteiger partial charge < -0.3 is 18.6 Å². The van der Waals surface area contributed by atoms with E-state index in [0.717, 1.165) is 64.2 Å². The van der Waals surface area contributed by atoms with Crippen LogP contribution in [0.15, 0.2) is 39.5 Å². The number of aryl methyl sites for hydroxylation is 1. The van der Waals surface area contributed by atoms with Crippen molar-refractivity contribution in [3.63, 3.8) is 0 Å². The highest BCUT2D eigenvalue weighted by Gasteiger charge is 2.26. The standard InChI is InChI=1S/C22H19NO5/c24-22-16-3-1-2-14(16)15-5-7-18-17(21(15)28-22)10-23(11-25-18)9-13-4-6-19-20(8-13)27-12-26-19/h4-8H,1-3,9-12H2. The molecule has 6 rings (SSSR count). The highest BCUT2D eigenvalue weighted by Crippen LogP contribution is 2.37. The molecule has 0 unspecified atom stereocenters. The Bertz CT molecular complexity index is 1170. The lowest BCUT2D eigenvalue weighted by Gasteiger charge is -2.29. The molecule has 6 nitrogen and oxygen atoms in total. The minimum atomic E-state index is -0.193. The molecule has 1 aromatic heterocycles. The molecule has 0 saturated heterocycles. The Labute approximate surface area is 161 Å². The molecular weight excluding hydrogens is 358 g/mol. The topological polar surface area (TPSA) is 61.1 Å². The second-order valence-electron chi connectivity index (χ2n) is 7.57. The van der Waals surface area contributed by atoms with Crippen molar-refractivity contribution in [2.45, 2.75) is 32.4 Å². The number of ether oxygens (including phenoxy) is 3. The van der Waals surface area contributed by atoms with Crippen LogP contribution in [0.3, 0.4) is 0 Å². The molecule has 0 N–H and O–H groups in total. The van der Waals surface area contributed by atoms with Gasteiger partial charge in [-0.25, -0.2) is 4.79 Å². The highest BCUT2D eigenvalue weighted by molar-refractivity contribution is 5.86. The normalized spacial score (nSPS) is 17.4. The van der Waals surface area contributed by atoms with Gasteiger partial charge in [0.05, 0.1) is 5.56 Å². The van der Waals surface area contributed by atoms with Crippen LogP contribution >= 0.6 is 0 Å². The SMILES string of the molecule is O=c1oc2c3c(ccc2c2c1CCC2)OCN(Cc1ccc2c(c1)OCO2)C3. The molecule has 0 radical (unpaired) electrons. The summed E-state index contributed by atoms with van der Waals surface area (Å²) in [5.41, 5.74) is 4.57. The minimum absolute atomic E-state index is 0.193. The Morgan fingerprint density at radius 2 is 1.75 bits per heavy atom. The third kappa shape index (κ3) is 2.41. The number of hydrogen-bond acceptors (Lipinski definition) is 6. The maximum absolute atomic E-state index is 12.4. The number of fused-ring (bicyclic) bond motifs is 6. The minimum Gasteiger partial charge on any atom is -0.478 e. The number of rotatable bonds is 2. The fourth-order valence-corrected chi connectivity index (χ4v) is 4.50. The molecule has 0 spiro atoms. The van der Waals surface area contributed by atoms with Crippen LogP contribution in [0.4, 0.5) is 0 Å². The van der Waals surface area contributed by atoms with Crippen LogP contribution in [0.5, 0.6) is 17.2 Å². The summed E-state index contributed by atoms with van der Waals surface area (Å²) in [7, 11) is 0. The number of hydrogen-bond donors (Lipinski definition) is 0. The maximum atomic E-state index is 12.4. The van der Waals surface area contributed by atoms with E-state index in [-0.39, 0.29) is 12.4 Å². The molecule has 0 atom stereocenters. The molecule has 0 saturated carbocycles. The fraction of sp³-hybridized carbons (Fsp3) is 0.318. The molecule has 3 aromatic rings. The van der Waals surface area contributed by atoms with Crippen LogP contribution < -0.4 is 19.8 Å². The summed E-state index contributed by atoms with van der Waals surface area (Å²) >= 11 is 0. The van der Waals surface area contributed by atoms with Gasteiger partial charge in [-0.2, -0.15) is 0 Å². The summed E-state index contributed by atoms with van der Waals surface area (Å²) in [6, 6.07) is 10.0. The van der Waals surface area contributed by atoms with Gasteiger partial charge in [-0.1, -0.05) is 6.07 Å². The van der Waals surface area contributed by atoms with Crippen LogP contribution in [0.25, 0.3) is 11.0 Å². The van der Waals surface area contributed by atoms with Crippen molar-refractivity contribution in [2.24, 2.45) is 0 Å². The highest BCUT2D eigenvalue weighted by atomic mass is 16.7. The Kier molecular flexibility index (Phi) is 3.43. The first kappa shape index (κ1) is 16.0. The summed E-state index contributed by atoms with van der Waals surface area (Å²) in [5, 5.41) is 1.05. The van der Waals surface area contributed by atoms with Gasteiger partial charge in [-0.3, -0.25) is 4.90 Å². The molecule has 0 fully saturated rings. The van der Waals surface area contributed by atoms with Gasteiger partial charge in [-0.05, 0) is 54.7 Å². The van der Waals surface area contributed by atoms with E-state index < -0.39 is 0 Å². The molecule has 142 valence electrons. The van der Waals surface area contributed by atoms with E-state index >= 15 is 0 Å². The zero-order valence-electron chi connectivity index (χ0n) is 15.3. The van der Waals surface area contributed by atoms with E-state index in [4.69, 9.17) is 18.6 Å². The second-order valence-corrected chi connectivity index (χ2v) is 7.57. The average Bonchev–Trinajstić information content (AvgIpc) is 3.37. The molecule has 3 heterocycles. The molecule has 0 bridgehead atoms. The maximum Gasteiger partial charge on any atom is 0.339 e. The zero-order chi connectivity index (χ0) is 18.7. The third-order valence-corrected chi connectivity index (χ3v) is 5.83. The van der Waals surface area contributed by atoms with E-state index in [2.05, 4.69) is 4.90 Å². The molecular formula is C22H19NO5. The summed E-state index contributed by atoms with van der Waals surface area (Å²) < 4.78 is 22.6. The zero-order valence-corrected chi connectivity index (χ0v) is 15.3. The Hall–Kier alpha value is -2.99. The third-order valence-electron chi connectivity index (χ3n) is 5.83. The molecule has 2 aliphatic heterocycles. The number of benzene rings is 2. The van der Waals surface area contributed by atoms with E-state index in [0.29, 0.717) is 25.4 Å². The van der Waals surface area contributed by atoms with Crippen LogP contribution in [0, 0.1) is 0 Å². The smallest absolute Gasteiger partial charge is 0.339 e. The second kappa shape index (κ2) is 6.01. The predicted octanol–water partition coefficient (Wildman–Crippen LogP) is 3.36. The van der Waals surface area contributed by atoms with Crippen molar-refractivity contribution in [3.05, 3.63) is 63.0 Å². The van der Waals surface area contributed by atoms with E-state index in [1.165, 1.54) is 0 Å². The molecule has 3 aliphatic rings. The molecule has 2 aromatic carbocycles. The number of nitrogens with zero attached hydrogens (tertiary/aromatic N) is 1. The summed E-state index contributed by atoms with van der Waals surface area (Å²) in [5.74, 6) is 2.36. The van der Waals surface area contributed by atoms with Gasteiger partial charge in [0, 0.05) is 24.0 Å². The first-order chi connectivity index (χ1) is 13.8. The van der Waals surface area contributed by atoms with E-state index in [1.54, 1.807) is 0 Å². The summed E-state index contributed by atoms with van der Waals surface area (Å²) in [6.07, 6.45) is 2.78. The molecule has 1 aliphatic carbocycles. The van der Waals surface area contributed by atoms with Crippen molar-refractivity contribution < 1.29 is 18.6 Å². The monoisotopic (exact) mass is 377 g/mol. The molecule has 6 heteroatoms. The lowest BCUT2D eigenvalue weighted by atomic mass is 10.0. The van der Waals surface area contributed by atoms with Crippen LogP contribution in [0.2, 0.25) is 0 Å². The van der Waals surface area contributed by atoms with Gasteiger partial charge in [0.2, 0.25) is 6.79 Å². The van der Waals surface area contributed by atoms with Gasteiger partial charge in [0.25, 0.3) is 0 Å². The lowest BCUT2D eigenvalue weighted by molar-refractivity contribution is 0.0889. The van der Waals surface area contributed by atoms with Crippen LogP contribution in [-0.2, 0) is 25.9 Å². The van der Waals surface area contributed by atoms with Crippen LogP contribution in [-0.4, -0.2) is 18.4 Å². The summed E-state index contributed by atoms with van der Waals surface area (Å²) in [4.78, 5) is 14.6. The van der Waals surface area contributed by atoms with Crippen molar-refractivity contribution >= 4 is 11.0 Å². The fourth-order valence-electron chi connectivity index (χ4n) is 4.50. The van der Waals surface area contributed by atoms with E-state index in [1.807, 2.05) is 30.3 Å². The van der Waals surface area contributed by atoms with Crippen molar-refractivity contribution in [3.8, 4) is 17.2 Å². The van der Waals surface area contributed by atoms with Crippen molar-refractivity contribution in [1.29, 1.82) is 0 Å². The van der Waals surface area contributed by atoms with Crippen molar-refractivity contribution in [2.75, 3.05) is 13.5 Å². The molecule has 28 heavy (non-hydrogen) atoms. The quantitative estimate of drug-likeness (QED) is 0.638. The average molecular weight is 377 g/mol. The van der Waals surface area contributed by atoms with Gasteiger partial charge in [0.1, 0.15) is 18.1 Å². The molecule has 0 amide bonds. The largest absolute Gasteiger partial charge is 0.478 e. The Morgan fingerprint density at radius 3 is 2.71 bits per heavy atom. The first-order valence-electron chi connectivity index (χ1n) is 9.60. The first-order valence-corrected chi connectivity index (χ1v) is 9.60. The van der Waals surface area contributed by atoms with Gasteiger partial charge >= 0.3 is 5.63 Å². The Morgan fingerprint density at radius 1 is 0.893 bits per heavy atom. The van der Waals surface area contributed by atoms with E-state index in [9.17, 15) is 4.79 Å². The van der Waals surface area contributed by atoms with Gasteiger partial charge in [0.15, 0.2) is 11.5 Å². The predicted molar refractivity (Wildman–Crippen MR) is 102 cm³/mol. The Balaban J connectivity index is 1.36. The summed E-state index contributed by atoms with van der Waals surface area (Å²) in [6.45, 7) is 2.14. The van der Waals surface area contributed by atoms with Crippen LogP contribution in [0.1, 0.15) is 28.7 Å². The van der Waals surface area contributed by atoms with Crippen molar-refractivity contribution in [1.82, 2.24) is 4.90 Å².